The summed E-state index contributed by atoms with van der Waals surface area (Å²) in [6, 6.07) is 10.1. The third-order valence-electron chi connectivity index (χ3n) is 3.05. The van der Waals surface area contributed by atoms with Crippen LogP contribution in [0.2, 0.25) is 0 Å². The number of benzene rings is 1. The lowest BCUT2D eigenvalue weighted by Gasteiger charge is -2.14. The zero-order valence-electron chi connectivity index (χ0n) is 12.0. The monoisotopic (exact) mass is 275 g/mol. The summed E-state index contributed by atoms with van der Waals surface area (Å²) in [5, 5.41) is 13.3. The molecule has 1 atom stereocenters. The number of hydrogen-bond donors (Lipinski definition) is 1. The molecule has 0 aliphatic heterocycles. The molecule has 5 nitrogen and oxygen atoms in total. The van der Waals surface area contributed by atoms with Gasteiger partial charge in [0.05, 0.1) is 12.6 Å². The van der Waals surface area contributed by atoms with Crippen molar-refractivity contribution in [2.24, 2.45) is 0 Å². The van der Waals surface area contributed by atoms with Crippen molar-refractivity contribution < 1.29 is 9.63 Å². The van der Waals surface area contributed by atoms with Gasteiger partial charge in [-0.2, -0.15) is 4.98 Å². The topological polar surface area (TPSA) is 62.4 Å². The van der Waals surface area contributed by atoms with Gasteiger partial charge in [-0.15, -0.1) is 0 Å². The molecule has 0 aliphatic carbocycles. The molecule has 0 aliphatic rings. The smallest absolute Gasteiger partial charge is 0.240 e. The fraction of sp³-hybridized carbons (Fsp3) is 0.467. The van der Waals surface area contributed by atoms with E-state index in [1.807, 2.05) is 37.4 Å². The van der Waals surface area contributed by atoms with E-state index in [1.54, 1.807) is 6.92 Å². The Balaban J connectivity index is 1.86. The van der Waals surface area contributed by atoms with E-state index in [1.165, 1.54) is 5.56 Å². The highest BCUT2D eigenvalue weighted by Gasteiger charge is 2.10. The lowest BCUT2D eigenvalue weighted by Crippen LogP contribution is -2.22. The van der Waals surface area contributed by atoms with Crippen LogP contribution >= 0.6 is 0 Å². The Morgan fingerprint density at radius 2 is 2.05 bits per heavy atom. The number of nitrogens with zero attached hydrogens (tertiary/aromatic N) is 3. The van der Waals surface area contributed by atoms with Gasteiger partial charge in [0, 0.05) is 13.0 Å². The summed E-state index contributed by atoms with van der Waals surface area (Å²) in [7, 11) is 1.98. The molecule has 5 heteroatoms. The highest BCUT2D eigenvalue weighted by molar-refractivity contribution is 5.18. The summed E-state index contributed by atoms with van der Waals surface area (Å²) in [5.74, 6) is 1.32. The molecule has 0 saturated heterocycles. The van der Waals surface area contributed by atoms with Crippen molar-refractivity contribution in [1.82, 2.24) is 15.0 Å². The van der Waals surface area contributed by atoms with Crippen molar-refractivity contribution >= 4 is 0 Å². The van der Waals surface area contributed by atoms with Gasteiger partial charge in [0.2, 0.25) is 5.89 Å². The van der Waals surface area contributed by atoms with Crippen LogP contribution in [-0.2, 0) is 13.0 Å². The average Bonchev–Trinajstić information content (AvgIpc) is 2.85. The van der Waals surface area contributed by atoms with Crippen molar-refractivity contribution in [3.63, 3.8) is 0 Å². The summed E-state index contributed by atoms with van der Waals surface area (Å²) in [4.78, 5) is 6.45. The molecule has 1 heterocycles. The largest absolute Gasteiger partial charge is 0.393 e. The van der Waals surface area contributed by atoms with Crippen molar-refractivity contribution in [3.8, 4) is 0 Å². The molecule has 1 aromatic carbocycles. The fourth-order valence-electron chi connectivity index (χ4n) is 1.92. The van der Waals surface area contributed by atoms with Gasteiger partial charge in [-0.1, -0.05) is 35.5 Å². The van der Waals surface area contributed by atoms with Gasteiger partial charge in [0.1, 0.15) is 0 Å². The maximum Gasteiger partial charge on any atom is 0.240 e. The first-order valence-electron chi connectivity index (χ1n) is 6.85. The van der Waals surface area contributed by atoms with Crippen LogP contribution in [0, 0.1) is 0 Å². The van der Waals surface area contributed by atoms with Crippen LogP contribution in [-0.4, -0.2) is 39.8 Å². The normalized spacial score (nSPS) is 12.8. The van der Waals surface area contributed by atoms with Gasteiger partial charge in [-0.3, -0.25) is 4.90 Å². The summed E-state index contributed by atoms with van der Waals surface area (Å²) < 4.78 is 5.25. The van der Waals surface area contributed by atoms with E-state index in [4.69, 9.17) is 4.52 Å². The van der Waals surface area contributed by atoms with Gasteiger partial charge in [-0.25, -0.2) is 0 Å². The third-order valence-corrected chi connectivity index (χ3v) is 3.05. The second kappa shape index (κ2) is 7.17. The average molecular weight is 275 g/mol. The Kier molecular flexibility index (Phi) is 5.26. The Labute approximate surface area is 119 Å². The van der Waals surface area contributed by atoms with Crippen LogP contribution in [0.15, 0.2) is 34.9 Å². The van der Waals surface area contributed by atoms with Crippen LogP contribution in [0.4, 0.5) is 0 Å². The van der Waals surface area contributed by atoms with Crippen LogP contribution < -0.4 is 0 Å². The molecule has 0 bridgehead atoms. The molecular formula is C15H21N3O2. The van der Waals surface area contributed by atoms with Crippen LogP contribution in [0.25, 0.3) is 0 Å². The highest BCUT2D eigenvalue weighted by atomic mass is 16.5. The highest BCUT2D eigenvalue weighted by Crippen LogP contribution is 2.08. The molecule has 0 fully saturated rings. The lowest BCUT2D eigenvalue weighted by molar-refractivity contribution is 0.158. The molecule has 1 aromatic heterocycles. The summed E-state index contributed by atoms with van der Waals surface area (Å²) in [6.07, 6.45) is 1.14. The number of rotatable bonds is 7. The first-order chi connectivity index (χ1) is 9.63. The van der Waals surface area contributed by atoms with E-state index >= 15 is 0 Å². The Hall–Kier alpha value is -1.72. The SMILES string of the molecule is CC(O)CCN(C)Cc1nc(Cc2ccccc2)no1. The minimum Gasteiger partial charge on any atom is -0.393 e. The van der Waals surface area contributed by atoms with Gasteiger partial charge >= 0.3 is 0 Å². The maximum absolute atomic E-state index is 9.26. The molecule has 108 valence electrons. The Morgan fingerprint density at radius 3 is 2.75 bits per heavy atom. The van der Waals surface area contributed by atoms with Gasteiger partial charge < -0.3 is 9.63 Å². The van der Waals surface area contributed by atoms with E-state index in [-0.39, 0.29) is 6.10 Å². The lowest BCUT2D eigenvalue weighted by atomic mass is 10.1. The molecule has 2 rings (SSSR count). The minimum absolute atomic E-state index is 0.284. The molecule has 20 heavy (non-hydrogen) atoms. The number of aliphatic hydroxyl groups is 1. The van der Waals surface area contributed by atoms with Crippen molar-refractivity contribution in [2.75, 3.05) is 13.6 Å². The summed E-state index contributed by atoms with van der Waals surface area (Å²) >= 11 is 0. The van der Waals surface area contributed by atoms with E-state index in [0.29, 0.717) is 24.7 Å². The Bertz CT molecular complexity index is 511. The van der Waals surface area contributed by atoms with E-state index in [9.17, 15) is 5.11 Å². The predicted octanol–water partition coefficient (Wildman–Crippen LogP) is 1.86. The van der Waals surface area contributed by atoms with Crippen molar-refractivity contribution in [2.45, 2.75) is 32.4 Å². The summed E-state index contributed by atoms with van der Waals surface area (Å²) in [5.41, 5.74) is 1.17. The number of aromatic nitrogens is 2. The molecule has 2 aromatic rings. The Morgan fingerprint density at radius 1 is 1.30 bits per heavy atom. The summed E-state index contributed by atoms with van der Waals surface area (Å²) in [6.45, 7) is 3.20. The van der Waals surface area contributed by atoms with E-state index < -0.39 is 0 Å². The zero-order valence-corrected chi connectivity index (χ0v) is 12.0. The predicted molar refractivity (Wildman–Crippen MR) is 76.2 cm³/mol. The number of hydrogen-bond acceptors (Lipinski definition) is 5. The van der Waals surface area contributed by atoms with Crippen LogP contribution in [0.3, 0.4) is 0 Å². The second-order valence-electron chi connectivity index (χ2n) is 5.14. The minimum atomic E-state index is -0.284. The van der Waals surface area contributed by atoms with E-state index in [2.05, 4.69) is 15.0 Å². The molecule has 1 unspecified atom stereocenters. The number of aliphatic hydroxyl groups excluding tert-OH is 1. The van der Waals surface area contributed by atoms with Gasteiger partial charge in [0.25, 0.3) is 0 Å². The van der Waals surface area contributed by atoms with Gasteiger partial charge in [0.15, 0.2) is 5.82 Å². The molecule has 0 radical (unpaired) electrons. The molecular weight excluding hydrogens is 254 g/mol. The quantitative estimate of drug-likeness (QED) is 0.835. The van der Waals surface area contributed by atoms with Gasteiger partial charge in [-0.05, 0) is 26.0 Å². The van der Waals surface area contributed by atoms with Crippen LogP contribution in [0.1, 0.15) is 30.6 Å². The third kappa shape index (κ3) is 4.75. The van der Waals surface area contributed by atoms with Crippen LogP contribution in [0.5, 0.6) is 0 Å². The second-order valence-corrected chi connectivity index (χ2v) is 5.14. The maximum atomic E-state index is 9.26. The zero-order chi connectivity index (χ0) is 14.4. The molecule has 0 saturated carbocycles. The molecule has 0 spiro atoms. The molecule has 0 amide bonds. The van der Waals surface area contributed by atoms with Crippen molar-refractivity contribution in [3.05, 3.63) is 47.6 Å². The van der Waals surface area contributed by atoms with Crippen molar-refractivity contribution in [1.29, 1.82) is 0 Å². The first-order valence-corrected chi connectivity index (χ1v) is 6.85. The molecule has 1 N–H and O–H groups in total. The standard InChI is InChI=1S/C15H21N3O2/c1-12(19)8-9-18(2)11-15-16-14(17-20-15)10-13-6-4-3-5-7-13/h3-7,12,19H,8-11H2,1-2H3. The fourth-order valence-corrected chi connectivity index (χ4v) is 1.92. The van der Waals surface area contributed by atoms with E-state index in [0.717, 1.165) is 13.0 Å². The first kappa shape index (κ1) is 14.7.